The number of nitrogens with zero attached hydrogens (tertiary/aromatic N) is 2. The highest BCUT2D eigenvalue weighted by molar-refractivity contribution is 5.87. The summed E-state index contributed by atoms with van der Waals surface area (Å²) in [6, 6.07) is 15.3. The molecule has 2 nitrogen and oxygen atoms in total. The van der Waals surface area contributed by atoms with Gasteiger partial charge >= 0.3 is 0 Å². The van der Waals surface area contributed by atoms with Crippen molar-refractivity contribution in [3.63, 3.8) is 0 Å². The average molecular weight is 361 g/mol. The molecule has 1 aliphatic rings. The van der Waals surface area contributed by atoms with Crippen LogP contribution in [0.5, 0.6) is 0 Å². The fourth-order valence-electron chi connectivity index (χ4n) is 4.44. The summed E-state index contributed by atoms with van der Waals surface area (Å²) in [6.07, 6.45) is 1.91. The van der Waals surface area contributed by atoms with E-state index in [4.69, 9.17) is 4.98 Å². The molecule has 0 amide bonds. The van der Waals surface area contributed by atoms with E-state index in [1.54, 1.807) is 0 Å². The Morgan fingerprint density at radius 1 is 0.889 bits per heavy atom. The van der Waals surface area contributed by atoms with Crippen molar-refractivity contribution in [3.8, 4) is 0 Å². The van der Waals surface area contributed by atoms with E-state index in [0.29, 0.717) is 17.9 Å². The summed E-state index contributed by atoms with van der Waals surface area (Å²) in [5, 5.41) is 0. The molecule has 0 N–H and O–H groups in total. The first-order chi connectivity index (χ1) is 12.8. The highest BCUT2D eigenvalue weighted by atomic mass is 15.2. The first-order valence-corrected chi connectivity index (χ1v) is 10.0. The predicted molar refractivity (Wildman–Crippen MR) is 117 cm³/mol. The third-order valence-electron chi connectivity index (χ3n) is 5.68. The summed E-state index contributed by atoms with van der Waals surface area (Å²) in [6.45, 7) is 16.0. The molecular formula is C25H32N2. The van der Waals surface area contributed by atoms with Crippen LogP contribution in [0, 0.1) is 18.8 Å². The number of aryl methyl sites for hydroxylation is 1. The molecule has 0 bridgehead atoms. The van der Waals surface area contributed by atoms with Crippen molar-refractivity contribution in [3.05, 3.63) is 76.5 Å². The van der Waals surface area contributed by atoms with Crippen LogP contribution in [0.3, 0.4) is 0 Å². The highest BCUT2D eigenvalue weighted by Gasteiger charge is 2.36. The molecule has 1 unspecified atom stereocenters. The first-order valence-electron chi connectivity index (χ1n) is 10.0. The molecule has 2 aromatic rings. The van der Waals surface area contributed by atoms with Crippen molar-refractivity contribution < 1.29 is 0 Å². The second-order valence-electron chi connectivity index (χ2n) is 8.29. The zero-order valence-corrected chi connectivity index (χ0v) is 17.7. The SMILES string of the molecule is CC1=C(C)C(C(C)C)N(c2ncccc2C)C(c2ccccc2)=C1C(C)C. The highest BCUT2D eigenvalue weighted by Crippen LogP contribution is 2.44. The summed E-state index contributed by atoms with van der Waals surface area (Å²) in [5.74, 6) is 1.99. The number of hydrogen-bond acceptors (Lipinski definition) is 2. The quantitative estimate of drug-likeness (QED) is 0.607. The van der Waals surface area contributed by atoms with Crippen LogP contribution in [-0.2, 0) is 0 Å². The second-order valence-corrected chi connectivity index (χ2v) is 8.29. The number of pyridine rings is 1. The van der Waals surface area contributed by atoms with E-state index in [1.807, 2.05) is 12.3 Å². The number of anilines is 1. The molecule has 1 aromatic carbocycles. The van der Waals surface area contributed by atoms with E-state index in [2.05, 4.69) is 89.8 Å². The monoisotopic (exact) mass is 360 g/mol. The van der Waals surface area contributed by atoms with Crippen LogP contribution in [0.15, 0.2) is 65.4 Å². The Labute approximate surface area is 164 Å². The Morgan fingerprint density at radius 3 is 2.11 bits per heavy atom. The van der Waals surface area contributed by atoms with Gasteiger partial charge in [0, 0.05) is 6.20 Å². The van der Waals surface area contributed by atoms with Gasteiger partial charge in [0.2, 0.25) is 0 Å². The molecule has 2 heteroatoms. The number of rotatable bonds is 4. The van der Waals surface area contributed by atoms with Crippen molar-refractivity contribution in [2.75, 3.05) is 4.90 Å². The molecule has 0 spiro atoms. The van der Waals surface area contributed by atoms with Crippen LogP contribution >= 0.6 is 0 Å². The molecule has 0 radical (unpaired) electrons. The fourth-order valence-corrected chi connectivity index (χ4v) is 4.44. The maximum absolute atomic E-state index is 4.83. The van der Waals surface area contributed by atoms with Crippen LogP contribution in [0.2, 0.25) is 0 Å². The summed E-state index contributed by atoms with van der Waals surface area (Å²) >= 11 is 0. The van der Waals surface area contributed by atoms with E-state index >= 15 is 0 Å². The van der Waals surface area contributed by atoms with E-state index in [9.17, 15) is 0 Å². The fraction of sp³-hybridized carbons (Fsp3) is 0.400. The topological polar surface area (TPSA) is 16.1 Å². The lowest BCUT2D eigenvalue weighted by molar-refractivity contribution is 0.524. The molecular weight excluding hydrogens is 328 g/mol. The van der Waals surface area contributed by atoms with Crippen molar-refractivity contribution in [1.82, 2.24) is 4.98 Å². The molecule has 0 fully saturated rings. The maximum Gasteiger partial charge on any atom is 0.136 e. The van der Waals surface area contributed by atoms with Gasteiger partial charge in [0.05, 0.1) is 11.7 Å². The van der Waals surface area contributed by atoms with Crippen molar-refractivity contribution in [1.29, 1.82) is 0 Å². The number of hydrogen-bond donors (Lipinski definition) is 0. The van der Waals surface area contributed by atoms with Gasteiger partial charge in [-0.1, -0.05) is 64.1 Å². The zero-order valence-electron chi connectivity index (χ0n) is 17.7. The van der Waals surface area contributed by atoms with Crippen LogP contribution in [-0.4, -0.2) is 11.0 Å². The van der Waals surface area contributed by atoms with Gasteiger partial charge in [-0.25, -0.2) is 4.98 Å². The minimum Gasteiger partial charge on any atom is -0.318 e. The number of aromatic nitrogens is 1. The zero-order chi connectivity index (χ0) is 19.7. The molecule has 1 atom stereocenters. The van der Waals surface area contributed by atoms with Crippen LogP contribution in [0.1, 0.15) is 52.7 Å². The van der Waals surface area contributed by atoms with E-state index in [0.717, 1.165) is 5.82 Å². The van der Waals surface area contributed by atoms with Crippen LogP contribution in [0.4, 0.5) is 5.82 Å². The Balaban J connectivity index is 2.39. The summed E-state index contributed by atoms with van der Waals surface area (Å²) in [4.78, 5) is 7.34. The van der Waals surface area contributed by atoms with E-state index < -0.39 is 0 Å². The molecule has 142 valence electrons. The molecule has 0 saturated carbocycles. The Bertz CT molecular complexity index is 872. The predicted octanol–water partition coefficient (Wildman–Crippen LogP) is 6.64. The first kappa shape index (κ1) is 19.4. The van der Waals surface area contributed by atoms with Crippen molar-refractivity contribution in [2.24, 2.45) is 11.8 Å². The van der Waals surface area contributed by atoms with Crippen molar-refractivity contribution in [2.45, 2.75) is 54.5 Å². The molecule has 0 saturated heterocycles. The van der Waals surface area contributed by atoms with Gasteiger partial charge in [-0.3, -0.25) is 0 Å². The lowest BCUT2D eigenvalue weighted by Gasteiger charge is -2.44. The minimum atomic E-state index is 0.302. The summed E-state index contributed by atoms with van der Waals surface area (Å²) in [5.41, 5.74) is 8.12. The van der Waals surface area contributed by atoms with Gasteiger partial charge in [-0.15, -0.1) is 0 Å². The molecule has 2 heterocycles. The third-order valence-corrected chi connectivity index (χ3v) is 5.68. The van der Waals surface area contributed by atoms with Gasteiger partial charge in [0.25, 0.3) is 0 Å². The molecule has 0 aliphatic carbocycles. The largest absolute Gasteiger partial charge is 0.318 e. The molecule has 27 heavy (non-hydrogen) atoms. The number of benzene rings is 1. The maximum atomic E-state index is 4.83. The minimum absolute atomic E-state index is 0.302. The Hall–Kier alpha value is -2.35. The van der Waals surface area contributed by atoms with E-state index in [-0.39, 0.29) is 0 Å². The normalized spacial score (nSPS) is 18.1. The van der Waals surface area contributed by atoms with E-state index in [1.165, 1.54) is 33.5 Å². The second kappa shape index (κ2) is 7.72. The molecule has 1 aromatic heterocycles. The summed E-state index contributed by atoms with van der Waals surface area (Å²) < 4.78 is 0. The molecule has 1 aliphatic heterocycles. The average Bonchev–Trinajstić information content (AvgIpc) is 2.64. The smallest absolute Gasteiger partial charge is 0.136 e. The third kappa shape index (κ3) is 3.45. The lowest BCUT2D eigenvalue weighted by atomic mass is 9.79. The van der Waals surface area contributed by atoms with Gasteiger partial charge in [-0.05, 0) is 66.5 Å². The summed E-state index contributed by atoms with van der Waals surface area (Å²) in [7, 11) is 0. The van der Waals surface area contributed by atoms with Gasteiger partial charge in [0.15, 0.2) is 0 Å². The molecule has 3 rings (SSSR count). The standard InChI is InChI=1S/C25H32N2/c1-16(2)22-19(6)20(7)23(17(3)4)27(25-18(5)12-11-15-26-25)24(22)21-13-9-8-10-14-21/h8-17,23H,1-7H3. The number of allylic oxidation sites excluding steroid dienone is 2. The van der Waals surface area contributed by atoms with Crippen LogP contribution in [0.25, 0.3) is 5.70 Å². The van der Waals surface area contributed by atoms with Crippen molar-refractivity contribution >= 4 is 11.5 Å². The lowest BCUT2D eigenvalue weighted by Crippen LogP contribution is -2.43. The van der Waals surface area contributed by atoms with Gasteiger partial charge < -0.3 is 4.90 Å². The van der Waals surface area contributed by atoms with Crippen LogP contribution < -0.4 is 4.90 Å². The van der Waals surface area contributed by atoms with Gasteiger partial charge in [-0.2, -0.15) is 0 Å². The Kier molecular flexibility index (Phi) is 5.55. The Morgan fingerprint density at radius 2 is 1.56 bits per heavy atom. The van der Waals surface area contributed by atoms with Gasteiger partial charge in [0.1, 0.15) is 5.82 Å².